The predicted octanol–water partition coefficient (Wildman–Crippen LogP) is 4.39. The molecule has 0 saturated carbocycles. The maximum Gasteiger partial charge on any atom is 0.341 e. The van der Waals surface area contributed by atoms with E-state index < -0.39 is 11.9 Å². The highest BCUT2D eigenvalue weighted by atomic mass is 32.1. The molecule has 8 nitrogen and oxygen atoms in total. The number of carbonyl (C=O) groups is 3. The Labute approximate surface area is 190 Å². The third-order valence-electron chi connectivity index (χ3n) is 4.34. The Morgan fingerprint density at radius 3 is 2.47 bits per heavy atom. The molecule has 9 heteroatoms. The van der Waals surface area contributed by atoms with E-state index in [1.165, 1.54) is 20.1 Å². The molecule has 0 fully saturated rings. The molecule has 1 amide bonds. The Balaban J connectivity index is 2.40. The van der Waals surface area contributed by atoms with Gasteiger partial charge >= 0.3 is 5.97 Å². The average molecular weight is 457 g/mol. The number of rotatable bonds is 9. The molecule has 2 rings (SSSR count). The molecule has 2 aromatic rings. The van der Waals surface area contributed by atoms with Gasteiger partial charge < -0.3 is 19.5 Å². The summed E-state index contributed by atoms with van der Waals surface area (Å²) in [5, 5.41) is 12.3. The molecule has 32 heavy (non-hydrogen) atoms. The van der Waals surface area contributed by atoms with Crippen molar-refractivity contribution >= 4 is 40.1 Å². The molecule has 1 aromatic heterocycles. The van der Waals surface area contributed by atoms with Crippen molar-refractivity contribution in [3.05, 3.63) is 45.3 Å². The van der Waals surface area contributed by atoms with Gasteiger partial charge in [-0.1, -0.05) is 6.07 Å². The molecule has 0 aliphatic heterocycles. The summed E-state index contributed by atoms with van der Waals surface area (Å²) in [5.74, 6) is -0.607. The number of nitrogens with zero attached hydrogens (tertiary/aromatic N) is 1. The van der Waals surface area contributed by atoms with Gasteiger partial charge in [0.25, 0.3) is 5.91 Å². The Bertz CT molecular complexity index is 1110. The summed E-state index contributed by atoms with van der Waals surface area (Å²) in [4.78, 5) is 37.5. The minimum absolute atomic E-state index is 0.107. The zero-order valence-corrected chi connectivity index (χ0v) is 19.3. The maximum atomic E-state index is 12.8. The zero-order chi connectivity index (χ0) is 23.8. The van der Waals surface area contributed by atoms with E-state index in [0.717, 1.165) is 11.3 Å². The van der Waals surface area contributed by atoms with E-state index in [-0.39, 0.29) is 28.5 Å². The minimum atomic E-state index is -0.720. The zero-order valence-electron chi connectivity index (χ0n) is 18.5. The molecule has 0 bridgehead atoms. The molecule has 1 heterocycles. The van der Waals surface area contributed by atoms with Gasteiger partial charge in [-0.3, -0.25) is 9.59 Å². The van der Waals surface area contributed by atoms with Crippen molar-refractivity contribution in [1.29, 1.82) is 5.26 Å². The summed E-state index contributed by atoms with van der Waals surface area (Å²) in [6, 6.07) is 6.87. The number of anilines is 1. The van der Waals surface area contributed by atoms with Gasteiger partial charge in [0, 0.05) is 0 Å². The number of carbonyl (C=O) groups excluding carboxylic acids is 3. The van der Waals surface area contributed by atoms with E-state index >= 15 is 0 Å². The van der Waals surface area contributed by atoms with Crippen LogP contribution in [0.2, 0.25) is 0 Å². The summed E-state index contributed by atoms with van der Waals surface area (Å²) in [6.07, 6.45) is 1.39. The van der Waals surface area contributed by atoms with Crippen molar-refractivity contribution in [2.45, 2.75) is 27.7 Å². The molecule has 0 aliphatic carbocycles. The van der Waals surface area contributed by atoms with Gasteiger partial charge in [0.05, 0.1) is 30.8 Å². The number of benzene rings is 1. The SMILES string of the molecule is CCOC(=O)c1c(NC(=O)/C(C#N)=C/c2ccc(OCC)c(OC)c2)sc(C(C)=O)c1C. The van der Waals surface area contributed by atoms with Crippen molar-refractivity contribution in [3.63, 3.8) is 0 Å². The van der Waals surface area contributed by atoms with Crippen LogP contribution in [0.25, 0.3) is 6.08 Å². The standard InChI is InChI=1S/C23H24N2O6S/c1-6-30-17-9-8-15(11-18(17)29-5)10-16(12-24)21(27)25-22-19(23(28)31-7-2)13(3)20(32-22)14(4)26/h8-11H,6-7H2,1-5H3,(H,25,27)/b16-10+. The van der Waals surface area contributed by atoms with Crippen molar-refractivity contribution in [2.24, 2.45) is 0 Å². The van der Waals surface area contributed by atoms with E-state index in [1.54, 1.807) is 32.0 Å². The number of thiophene rings is 1. The molecule has 168 valence electrons. The fourth-order valence-corrected chi connectivity index (χ4v) is 4.01. The molecule has 1 N–H and O–H groups in total. The predicted molar refractivity (Wildman–Crippen MR) is 121 cm³/mol. The first kappa shape index (κ1) is 24.6. The second-order valence-corrected chi connectivity index (χ2v) is 7.52. The van der Waals surface area contributed by atoms with Crippen molar-refractivity contribution < 1.29 is 28.6 Å². The Kier molecular flexibility index (Phi) is 8.55. The number of methoxy groups -OCH3 is 1. The number of amides is 1. The quantitative estimate of drug-likeness (QED) is 0.258. The van der Waals surface area contributed by atoms with Gasteiger partial charge in [0.2, 0.25) is 0 Å². The van der Waals surface area contributed by atoms with E-state index in [1.807, 2.05) is 13.0 Å². The lowest BCUT2D eigenvalue weighted by atomic mass is 10.1. The van der Waals surface area contributed by atoms with E-state index in [4.69, 9.17) is 14.2 Å². The third-order valence-corrected chi connectivity index (χ3v) is 5.64. The third kappa shape index (κ3) is 5.53. The molecular formula is C23H24N2O6S. The fraction of sp³-hybridized carbons (Fsp3) is 0.304. The second kappa shape index (κ2) is 11.1. The molecular weight excluding hydrogens is 432 g/mol. The highest BCUT2D eigenvalue weighted by Gasteiger charge is 2.26. The monoisotopic (exact) mass is 456 g/mol. The number of nitriles is 1. The van der Waals surface area contributed by atoms with Gasteiger partial charge in [-0.25, -0.2) is 4.79 Å². The van der Waals surface area contributed by atoms with Crippen LogP contribution in [0.1, 0.15) is 51.9 Å². The first-order chi connectivity index (χ1) is 15.3. The number of hydrogen-bond acceptors (Lipinski definition) is 8. The van der Waals surface area contributed by atoms with Gasteiger partial charge in [-0.2, -0.15) is 5.26 Å². The fourth-order valence-electron chi connectivity index (χ4n) is 2.92. The summed E-state index contributed by atoms with van der Waals surface area (Å²) in [5.41, 5.74) is 0.890. The van der Waals surface area contributed by atoms with Crippen molar-refractivity contribution in [3.8, 4) is 17.6 Å². The van der Waals surface area contributed by atoms with Crippen LogP contribution in [-0.4, -0.2) is 38.0 Å². The van der Waals surface area contributed by atoms with Crippen LogP contribution in [0.4, 0.5) is 5.00 Å². The Morgan fingerprint density at radius 2 is 1.91 bits per heavy atom. The molecule has 1 aromatic carbocycles. The largest absolute Gasteiger partial charge is 0.493 e. The van der Waals surface area contributed by atoms with Crippen LogP contribution < -0.4 is 14.8 Å². The number of nitrogens with one attached hydrogen (secondary N) is 1. The highest BCUT2D eigenvalue weighted by molar-refractivity contribution is 7.18. The number of ketones is 1. The topological polar surface area (TPSA) is 115 Å². The lowest BCUT2D eigenvalue weighted by Gasteiger charge is -2.10. The highest BCUT2D eigenvalue weighted by Crippen LogP contribution is 2.34. The van der Waals surface area contributed by atoms with Crippen LogP contribution in [-0.2, 0) is 9.53 Å². The maximum absolute atomic E-state index is 12.8. The minimum Gasteiger partial charge on any atom is -0.493 e. The first-order valence-corrected chi connectivity index (χ1v) is 10.6. The lowest BCUT2D eigenvalue weighted by molar-refractivity contribution is -0.112. The van der Waals surface area contributed by atoms with E-state index in [0.29, 0.717) is 34.1 Å². The number of Topliss-reactive ketones (excluding diaryl/α,β-unsaturated/α-hetero) is 1. The van der Waals surface area contributed by atoms with Crippen molar-refractivity contribution in [2.75, 3.05) is 25.6 Å². The Morgan fingerprint density at radius 1 is 1.19 bits per heavy atom. The summed E-state index contributed by atoms with van der Waals surface area (Å²) in [6.45, 7) is 7.09. The van der Waals surface area contributed by atoms with Crippen LogP contribution >= 0.6 is 11.3 Å². The number of ether oxygens (including phenoxy) is 3. The van der Waals surface area contributed by atoms with Gasteiger partial charge in [0.1, 0.15) is 16.6 Å². The molecule has 0 saturated heterocycles. The molecule has 0 radical (unpaired) electrons. The molecule has 0 aliphatic rings. The first-order valence-electron chi connectivity index (χ1n) is 9.82. The Hall–Kier alpha value is -3.64. The second-order valence-electron chi connectivity index (χ2n) is 6.50. The normalized spacial score (nSPS) is 10.8. The van der Waals surface area contributed by atoms with Gasteiger partial charge in [0.15, 0.2) is 17.3 Å². The van der Waals surface area contributed by atoms with Crippen molar-refractivity contribution in [1.82, 2.24) is 0 Å². The van der Waals surface area contributed by atoms with E-state index in [9.17, 15) is 19.6 Å². The molecule has 0 atom stereocenters. The molecule has 0 unspecified atom stereocenters. The molecule has 0 spiro atoms. The van der Waals surface area contributed by atoms with E-state index in [2.05, 4.69) is 5.32 Å². The summed E-state index contributed by atoms with van der Waals surface area (Å²) in [7, 11) is 1.49. The van der Waals surface area contributed by atoms with Gasteiger partial charge in [-0.15, -0.1) is 11.3 Å². The van der Waals surface area contributed by atoms with Crippen LogP contribution in [0, 0.1) is 18.3 Å². The van der Waals surface area contributed by atoms with Crippen LogP contribution in [0.15, 0.2) is 23.8 Å². The summed E-state index contributed by atoms with van der Waals surface area (Å²) < 4.78 is 15.8. The van der Waals surface area contributed by atoms with Crippen LogP contribution in [0.5, 0.6) is 11.5 Å². The number of hydrogen-bond donors (Lipinski definition) is 1. The van der Waals surface area contributed by atoms with Gasteiger partial charge in [-0.05, 0) is 57.0 Å². The lowest BCUT2D eigenvalue weighted by Crippen LogP contribution is -2.16. The number of esters is 1. The summed E-state index contributed by atoms with van der Waals surface area (Å²) >= 11 is 0.969. The smallest absolute Gasteiger partial charge is 0.341 e. The average Bonchev–Trinajstić information content (AvgIpc) is 3.09. The van der Waals surface area contributed by atoms with Crippen LogP contribution in [0.3, 0.4) is 0 Å².